The fourth-order valence-corrected chi connectivity index (χ4v) is 1.47. The van der Waals surface area contributed by atoms with Crippen LogP contribution in [0.5, 0.6) is 6.01 Å². The van der Waals surface area contributed by atoms with Crippen LogP contribution in [0.4, 0.5) is 11.9 Å². The molecule has 0 saturated heterocycles. The molecule has 0 aromatic carbocycles. The van der Waals surface area contributed by atoms with Crippen LogP contribution in [0.2, 0.25) is 0 Å². The minimum absolute atomic E-state index is 0.0494. The molecule has 8 nitrogen and oxygen atoms in total. The molecule has 0 fully saturated rings. The van der Waals surface area contributed by atoms with Gasteiger partial charge in [0.15, 0.2) is 0 Å². The maximum absolute atomic E-state index is 11.9. The van der Waals surface area contributed by atoms with E-state index in [-0.39, 0.29) is 30.0 Å². The molecule has 1 atom stereocenters. The van der Waals surface area contributed by atoms with Gasteiger partial charge in [-0.15, -0.1) is 0 Å². The Bertz CT molecular complexity index is 478. The number of ether oxygens (including phenoxy) is 1. The van der Waals surface area contributed by atoms with Crippen LogP contribution in [-0.4, -0.2) is 46.1 Å². The van der Waals surface area contributed by atoms with Crippen molar-refractivity contribution in [2.75, 3.05) is 17.7 Å². The third-order valence-electron chi connectivity index (χ3n) is 2.35. The lowest BCUT2D eigenvalue weighted by molar-refractivity contribution is -0.122. The second kappa shape index (κ2) is 7.61. The van der Waals surface area contributed by atoms with Crippen molar-refractivity contribution in [3.63, 3.8) is 0 Å². The third-order valence-corrected chi connectivity index (χ3v) is 2.35. The van der Waals surface area contributed by atoms with Crippen LogP contribution in [0.3, 0.4) is 0 Å². The standard InChI is InChI=1S/C13H24N6O2/c1-7(2)15-10(20)9(5)16-12-17-11(14-6)18-13(19-12)21-8(3)4/h7-9H,1-6H3,(H,15,20)(H2,14,16,17,18,19). The van der Waals surface area contributed by atoms with Gasteiger partial charge in [-0.1, -0.05) is 0 Å². The van der Waals surface area contributed by atoms with Crippen molar-refractivity contribution in [2.45, 2.75) is 52.8 Å². The summed E-state index contributed by atoms with van der Waals surface area (Å²) in [6, 6.07) is -0.178. The largest absolute Gasteiger partial charge is 0.461 e. The molecule has 0 aliphatic carbocycles. The van der Waals surface area contributed by atoms with Gasteiger partial charge in [0.2, 0.25) is 17.8 Å². The number of carbonyl (C=O) groups excluding carboxylic acids is 1. The Morgan fingerprint density at radius 1 is 1.05 bits per heavy atom. The van der Waals surface area contributed by atoms with Crippen molar-refractivity contribution < 1.29 is 9.53 Å². The summed E-state index contributed by atoms with van der Waals surface area (Å²) >= 11 is 0. The van der Waals surface area contributed by atoms with Crippen molar-refractivity contribution in [3.05, 3.63) is 0 Å². The topological polar surface area (TPSA) is 101 Å². The highest BCUT2D eigenvalue weighted by atomic mass is 16.5. The van der Waals surface area contributed by atoms with Gasteiger partial charge >= 0.3 is 6.01 Å². The maximum Gasteiger partial charge on any atom is 0.323 e. The normalized spacial score (nSPS) is 12.2. The van der Waals surface area contributed by atoms with Gasteiger partial charge in [0.05, 0.1) is 6.10 Å². The molecule has 1 unspecified atom stereocenters. The summed E-state index contributed by atoms with van der Waals surface area (Å²) in [5.41, 5.74) is 0. The van der Waals surface area contributed by atoms with Crippen LogP contribution in [0.1, 0.15) is 34.6 Å². The summed E-state index contributed by atoms with van der Waals surface area (Å²) in [6.45, 7) is 9.31. The van der Waals surface area contributed by atoms with Gasteiger partial charge in [-0.25, -0.2) is 0 Å². The lowest BCUT2D eigenvalue weighted by Crippen LogP contribution is -2.41. The highest BCUT2D eigenvalue weighted by Crippen LogP contribution is 2.13. The molecule has 0 bridgehead atoms. The van der Waals surface area contributed by atoms with E-state index in [9.17, 15) is 4.79 Å². The fourth-order valence-electron chi connectivity index (χ4n) is 1.47. The molecule has 1 aromatic heterocycles. The van der Waals surface area contributed by atoms with Gasteiger partial charge in [-0.05, 0) is 34.6 Å². The SMILES string of the molecule is CNc1nc(NC(C)C(=O)NC(C)C)nc(OC(C)C)n1. The zero-order chi connectivity index (χ0) is 16.0. The summed E-state index contributed by atoms with van der Waals surface area (Å²) in [5.74, 6) is 0.541. The van der Waals surface area contributed by atoms with E-state index in [2.05, 4.69) is 30.9 Å². The Balaban J connectivity index is 2.84. The highest BCUT2D eigenvalue weighted by molar-refractivity contribution is 5.83. The smallest absolute Gasteiger partial charge is 0.323 e. The Morgan fingerprint density at radius 3 is 2.19 bits per heavy atom. The van der Waals surface area contributed by atoms with Crippen molar-refractivity contribution in [1.82, 2.24) is 20.3 Å². The Morgan fingerprint density at radius 2 is 1.67 bits per heavy atom. The van der Waals surface area contributed by atoms with Crippen LogP contribution >= 0.6 is 0 Å². The van der Waals surface area contributed by atoms with E-state index in [0.29, 0.717) is 5.95 Å². The Hall–Kier alpha value is -2.12. The number of nitrogens with zero attached hydrogens (tertiary/aromatic N) is 3. The second-order valence-corrected chi connectivity index (χ2v) is 5.21. The van der Waals surface area contributed by atoms with Gasteiger partial charge in [0, 0.05) is 13.1 Å². The first-order valence-corrected chi connectivity index (χ1v) is 6.99. The van der Waals surface area contributed by atoms with E-state index in [1.807, 2.05) is 27.7 Å². The summed E-state index contributed by atoms with van der Waals surface area (Å²) in [6.07, 6.45) is -0.0494. The quantitative estimate of drug-likeness (QED) is 0.690. The molecule has 118 valence electrons. The van der Waals surface area contributed by atoms with E-state index >= 15 is 0 Å². The number of aromatic nitrogens is 3. The number of nitrogens with one attached hydrogen (secondary N) is 3. The lowest BCUT2D eigenvalue weighted by atomic mass is 10.3. The first kappa shape index (κ1) is 16.9. The molecule has 1 rings (SSSR count). The molecule has 3 N–H and O–H groups in total. The summed E-state index contributed by atoms with van der Waals surface area (Å²) in [7, 11) is 1.70. The van der Waals surface area contributed by atoms with Crippen molar-refractivity contribution in [2.24, 2.45) is 0 Å². The number of amides is 1. The summed E-state index contributed by atoms with van der Waals surface area (Å²) < 4.78 is 5.46. The monoisotopic (exact) mass is 296 g/mol. The molecular weight excluding hydrogens is 272 g/mol. The molecule has 1 aromatic rings. The van der Waals surface area contributed by atoms with Gasteiger partial charge < -0.3 is 20.7 Å². The van der Waals surface area contributed by atoms with Crippen LogP contribution in [0.25, 0.3) is 0 Å². The van der Waals surface area contributed by atoms with Crippen LogP contribution in [-0.2, 0) is 4.79 Å². The minimum Gasteiger partial charge on any atom is -0.461 e. The number of hydrogen-bond acceptors (Lipinski definition) is 7. The molecule has 0 spiro atoms. The predicted molar refractivity (Wildman–Crippen MR) is 81.5 cm³/mol. The minimum atomic E-state index is -0.466. The molecule has 0 aliphatic rings. The number of anilines is 2. The Kier molecular flexibility index (Phi) is 6.13. The number of hydrogen-bond donors (Lipinski definition) is 3. The molecule has 0 saturated carbocycles. The molecule has 0 aliphatic heterocycles. The number of carbonyl (C=O) groups is 1. The van der Waals surface area contributed by atoms with E-state index in [1.165, 1.54) is 0 Å². The van der Waals surface area contributed by atoms with Crippen LogP contribution in [0.15, 0.2) is 0 Å². The summed E-state index contributed by atoms with van der Waals surface area (Å²) in [5, 5.41) is 8.59. The van der Waals surface area contributed by atoms with Crippen molar-refractivity contribution in [1.29, 1.82) is 0 Å². The first-order chi connectivity index (χ1) is 9.81. The van der Waals surface area contributed by atoms with Gasteiger partial charge in [-0.3, -0.25) is 4.79 Å². The molecular formula is C13H24N6O2. The van der Waals surface area contributed by atoms with Crippen LogP contribution < -0.4 is 20.7 Å². The number of rotatable bonds is 7. The third kappa shape index (κ3) is 5.80. The van der Waals surface area contributed by atoms with Gasteiger partial charge in [0.25, 0.3) is 0 Å². The lowest BCUT2D eigenvalue weighted by Gasteiger charge is -2.17. The second-order valence-electron chi connectivity index (χ2n) is 5.21. The van der Waals surface area contributed by atoms with Gasteiger partial charge in [-0.2, -0.15) is 15.0 Å². The predicted octanol–water partition coefficient (Wildman–Crippen LogP) is 1.03. The average molecular weight is 296 g/mol. The van der Waals surface area contributed by atoms with E-state index in [1.54, 1.807) is 14.0 Å². The van der Waals surface area contributed by atoms with E-state index in [4.69, 9.17) is 4.74 Å². The zero-order valence-electron chi connectivity index (χ0n) is 13.4. The molecule has 0 radical (unpaired) electrons. The van der Waals surface area contributed by atoms with Crippen molar-refractivity contribution >= 4 is 17.8 Å². The molecule has 8 heteroatoms. The molecule has 21 heavy (non-hydrogen) atoms. The van der Waals surface area contributed by atoms with Crippen LogP contribution in [0, 0.1) is 0 Å². The van der Waals surface area contributed by atoms with E-state index in [0.717, 1.165) is 0 Å². The molecule has 1 amide bonds. The maximum atomic E-state index is 11.9. The molecule has 1 heterocycles. The Labute approximate surface area is 125 Å². The van der Waals surface area contributed by atoms with Crippen molar-refractivity contribution in [3.8, 4) is 6.01 Å². The first-order valence-electron chi connectivity index (χ1n) is 6.99. The fraction of sp³-hybridized carbons (Fsp3) is 0.692. The highest BCUT2D eigenvalue weighted by Gasteiger charge is 2.16. The summed E-state index contributed by atoms with van der Waals surface area (Å²) in [4.78, 5) is 24.3. The van der Waals surface area contributed by atoms with E-state index < -0.39 is 6.04 Å². The average Bonchev–Trinajstić information content (AvgIpc) is 2.36. The van der Waals surface area contributed by atoms with Gasteiger partial charge in [0.1, 0.15) is 6.04 Å². The zero-order valence-corrected chi connectivity index (χ0v) is 13.4.